The van der Waals surface area contributed by atoms with Gasteiger partial charge in [-0.2, -0.15) is 0 Å². The Kier molecular flexibility index (Phi) is 5.23. The zero-order valence-electron chi connectivity index (χ0n) is 16.5. The molecule has 2 aromatic rings. The molecule has 4 rings (SSSR count). The molecule has 29 heavy (non-hydrogen) atoms. The van der Waals surface area contributed by atoms with Crippen LogP contribution >= 0.6 is 11.3 Å². The van der Waals surface area contributed by atoms with E-state index in [2.05, 4.69) is 20.2 Å². The molecule has 2 aromatic heterocycles. The van der Waals surface area contributed by atoms with Gasteiger partial charge in [0.2, 0.25) is 0 Å². The van der Waals surface area contributed by atoms with Crippen LogP contribution in [-0.4, -0.2) is 56.5 Å². The van der Waals surface area contributed by atoms with Crippen molar-refractivity contribution in [2.24, 2.45) is 5.92 Å². The number of pyridine rings is 1. The zero-order valence-corrected chi connectivity index (χ0v) is 17.3. The molecule has 2 aliphatic rings. The van der Waals surface area contributed by atoms with Gasteiger partial charge in [-0.3, -0.25) is 19.5 Å². The van der Waals surface area contributed by atoms with Crippen LogP contribution in [0.1, 0.15) is 32.4 Å². The molecule has 0 spiro atoms. The van der Waals surface area contributed by atoms with Gasteiger partial charge < -0.3 is 10.4 Å². The highest BCUT2D eigenvalue weighted by Gasteiger charge is 2.49. The first kappa shape index (κ1) is 19.7. The van der Waals surface area contributed by atoms with Crippen LogP contribution in [-0.2, 0) is 9.59 Å². The average Bonchev–Trinajstić information content (AvgIpc) is 3.40. The Hall–Kier alpha value is -2.58. The number of thiazole rings is 1. The van der Waals surface area contributed by atoms with Crippen molar-refractivity contribution >= 4 is 28.8 Å². The summed E-state index contributed by atoms with van der Waals surface area (Å²) in [5.74, 6) is -2.06. The highest BCUT2D eigenvalue weighted by molar-refractivity contribution is 7.13. The molecule has 7 nitrogen and oxygen atoms in total. The number of amides is 1. The number of carboxylic acid groups (broad SMARTS) is 1. The Morgan fingerprint density at radius 3 is 2.69 bits per heavy atom. The van der Waals surface area contributed by atoms with Crippen molar-refractivity contribution in [3.05, 3.63) is 41.7 Å². The molecule has 0 bridgehead atoms. The molecular weight excluding hydrogens is 388 g/mol. The molecular formula is C21H24N4O3S. The van der Waals surface area contributed by atoms with E-state index in [-0.39, 0.29) is 11.9 Å². The first-order valence-electron chi connectivity index (χ1n) is 9.77. The summed E-state index contributed by atoms with van der Waals surface area (Å²) in [6.45, 7) is 5.70. The highest BCUT2D eigenvalue weighted by Crippen LogP contribution is 2.36. The maximum atomic E-state index is 13.0. The van der Waals surface area contributed by atoms with Crippen LogP contribution in [0.3, 0.4) is 0 Å². The number of rotatable bonds is 5. The maximum Gasteiger partial charge on any atom is 0.312 e. The van der Waals surface area contributed by atoms with Crippen LogP contribution in [0.4, 0.5) is 0 Å². The van der Waals surface area contributed by atoms with Crippen molar-refractivity contribution in [2.45, 2.75) is 38.3 Å². The monoisotopic (exact) mass is 412 g/mol. The van der Waals surface area contributed by atoms with E-state index < -0.39 is 17.4 Å². The van der Waals surface area contributed by atoms with Gasteiger partial charge in [0.1, 0.15) is 10.9 Å². The smallest absolute Gasteiger partial charge is 0.312 e. The number of carboxylic acids is 1. The minimum Gasteiger partial charge on any atom is -0.481 e. The number of likely N-dealkylation sites (tertiary alicyclic amines) is 1. The quantitative estimate of drug-likeness (QED) is 0.784. The summed E-state index contributed by atoms with van der Waals surface area (Å²) in [4.78, 5) is 36.0. The standard InChI is InChI=1S/C21H24N4O3S/c1-13(25-9-3-4-10-25)21(2)16(20(27)28)11-15(18(26)24-21)17-12-29-19(23-17)14-5-7-22-8-6-14/h5-8,11-13,16H,3-4,9-10H2,1-2H3,(H,24,26)(H,27,28). The van der Waals surface area contributed by atoms with E-state index in [1.54, 1.807) is 23.8 Å². The highest BCUT2D eigenvalue weighted by atomic mass is 32.1. The number of aromatic nitrogens is 2. The van der Waals surface area contributed by atoms with Crippen molar-refractivity contribution in [1.29, 1.82) is 0 Å². The Morgan fingerprint density at radius 2 is 2.03 bits per heavy atom. The molecule has 2 N–H and O–H groups in total. The number of nitrogens with one attached hydrogen (secondary N) is 1. The molecule has 3 unspecified atom stereocenters. The summed E-state index contributed by atoms with van der Waals surface area (Å²) >= 11 is 1.42. The fraction of sp³-hybridized carbons (Fsp3) is 0.429. The minimum absolute atomic E-state index is 0.0873. The van der Waals surface area contributed by atoms with E-state index in [0.717, 1.165) is 36.5 Å². The van der Waals surface area contributed by atoms with Gasteiger partial charge in [-0.05, 0) is 51.9 Å². The Labute approximate surface area is 173 Å². The van der Waals surface area contributed by atoms with E-state index in [1.807, 2.05) is 26.0 Å². The molecule has 1 amide bonds. The van der Waals surface area contributed by atoms with E-state index in [9.17, 15) is 14.7 Å². The first-order valence-corrected chi connectivity index (χ1v) is 10.7. The number of carbonyl (C=O) groups excluding carboxylic acids is 1. The maximum absolute atomic E-state index is 13.0. The lowest BCUT2D eigenvalue weighted by molar-refractivity contribution is -0.144. The van der Waals surface area contributed by atoms with Crippen LogP contribution in [0.2, 0.25) is 0 Å². The molecule has 0 aromatic carbocycles. The van der Waals surface area contributed by atoms with Gasteiger partial charge in [-0.15, -0.1) is 11.3 Å². The average molecular weight is 413 g/mol. The second-order valence-corrected chi connectivity index (χ2v) is 8.68. The lowest BCUT2D eigenvalue weighted by Gasteiger charge is -2.46. The summed E-state index contributed by atoms with van der Waals surface area (Å²) in [6.07, 6.45) is 7.16. The summed E-state index contributed by atoms with van der Waals surface area (Å²) in [5.41, 5.74) is 0.845. The Balaban J connectivity index is 1.68. The Morgan fingerprint density at radius 1 is 1.34 bits per heavy atom. The van der Waals surface area contributed by atoms with Gasteiger partial charge >= 0.3 is 5.97 Å². The third kappa shape index (κ3) is 3.58. The third-order valence-electron chi connectivity index (χ3n) is 6.14. The molecule has 0 radical (unpaired) electrons. The van der Waals surface area contributed by atoms with Gasteiger partial charge in [0.05, 0.1) is 16.8 Å². The summed E-state index contributed by atoms with van der Waals surface area (Å²) in [6, 6.07) is 3.62. The largest absolute Gasteiger partial charge is 0.481 e. The first-order chi connectivity index (χ1) is 13.9. The number of nitrogens with zero attached hydrogens (tertiary/aromatic N) is 3. The van der Waals surface area contributed by atoms with Crippen molar-refractivity contribution in [1.82, 2.24) is 20.2 Å². The van der Waals surface area contributed by atoms with Crippen molar-refractivity contribution in [3.63, 3.8) is 0 Å². The van der Waals surface area contributed by atoms with E-state index in [4.69, 9.17) is 0 Å². The van der Waals surface area contributed by atoms with Crippen LogP contribution in [0.25, 0.3) is 16.1 Å². The van der Waals surface area contributed by atoms with Gasteiger partial charge in [0, 0.05) is 29.4 Å². The van der Waals surface area contributed by atoms with Crippen LogP contribution < -0.4 is 5.32 Å². The van der Waals surface area contributed by atoms with Gasteiger partial charge in [-0.1, -0.05) is 6.08 Å². The van der Waals surface area contributed by atoms with E-state index >= 15 is 0 Å². The number of hydrogen-bond donors (Lipinski definition) is 2. The Bertz CT molecular complexity index is 952. The molecule has 8 heteroatoms. The van der Waals surface area contributed by atoms with E-state index in [0.29, 0.717) is 11.3 Å². The van der Waals surface area contributed by atoms with Crippen LogP contribution in [0.5, 0.6) is 0 Å². The molecule has 4 heterocycles. The topological polar surface area (TPSA) is 95.4 Å². The summed E-state index contributed by atoms with van der Waals surface area (Å²) in [7, 11) is 0. The second kappa shape index (κ2) is 7.68. The fourth-order valence-corrected chi connectivity index (χ4v) is 5.06. The van der Waals surface area contributed by atoms with Gasteiger partial charge in [0.25, 0.3) is 5.91 Å². The van der Waals surface area contributed by atoms with Crippen LogP contribution in [0, 0.1) is 5.92 Å². The zero-order chi connectivity index (χ0) is 20.6. The molecule has 0 aliphatic carbocycles. The van der Waals surface area contributed by atoms with Crippen molar-refractivity contribution in [3.8, 4) is 10.6 Å². The molecule has 2 aliphatic heterocycles. The predicted molar refractivity (Wildman–Crippen MR) is 111 cm³/mol. The normalized spacial score (nSPS) is 26.1. The summed E-state index contributed by atoms with van der Waals surface area (Å²) < 4.78 is 0. The van der Waals surface area contributed by atoms with Gasteiger partial charge in [0.15, 0.2) is 0 Å². The van der Waals surface area contributed by atoms with Crippen LogP contribution in [0.15, 0.2) is 36.0 Å². The predicted octanol–water partition coefficient (Wildman–Crippen LogP) is 2.66. The molecule has 1 fully saturated rings. The number of aliphatic carboxylic acids is 1. The third-order valence-corrected chi connectivity index (χ3v) is 7.03. The minimum atomic E-state index is -0.944. The number of hydrogen-bond acceptors (Lipinski definition) is 6. The van der Waals surface area contributed by atoms with E-state index in [1.165, 1.54) is 11.3 Å². The molecule has 1 saturated heterocycles. The lowest BCUT2D eigenvalue weighted by Crippen LogP contribution is -2.65. The van der Waals surface area contributed by atoms with Crippen molar-refractivity contribution < 1.29 is 14.7 Å². The second-order valence-electron chi connectivity index (χ2n) is 7.83. The lowest BCUT2D eigenvalue weighted by atomic mass is 9.75. The van der Waals surface area contributed by atoms with Crippen molar-refractivity contribution in [2.75, 3.05) is 13.1 Å². The molecule has 0 saturated carbocycles. The fourth-order valence-electron chi connectivity index (χ4n) is 4.23. The number of carbonyl (C=O) groups is 2. The summed E-state index contributed by atoms with van der Waals surface area (Å²) in [5, 5.41) is 15.5. The molecule has 152 valence electrons. The SMILES string of the molecule is CC(N1CCCC1)C1(C)NC(=O)C(c2csc(-c3ccncc3)n2)=CC1C(=O)O. The molecule has 3 atom stereocenters. The van der Waals surface area contributed by atoms with Gasteiger partial charge in [-0.25, -0.2) is 4.98 Å².